The van der Waals surface area contributed by atoms with Crippen LogP contribution in [0.2, 0.25) is 0 Å². The van der Waals surface area contributed by atoms with Crippen LogP contribution >= 0.6 is 11.8 Å². The summed E-state index contributed by atoms with van der Waals surface area (Å²) in [5.41, 5.74) is 2.23. The first kappa shape index (κ1) is 24.2. The summed E-state index contributed by atoms with van der Waals surface area (Å²) >= 11 is 1.15. The summed E-state index contributed by atoms with van der Waals surface area (Å²) in [5.74, 6) is -0.546. The first-order valence-electron chi connectivity index (χ1n) is 11.1. The van der Waals surface area contributed by atoms with Crippen molar-refractivity contribution in [1.82, 2.24) is 14.5 Å². The van der Waals surface area contributed by atoms with E-state index in [2.05, 4.69) is 9.97 Å². The van der Waals surface area contributed by atoms with E-state index in [0.29, 0.717) is 33.0 Å². The number of carbonyl (C=O) groups is 2. The van der Waals surface area contributed by atoms with Gasteiger partial charge < -0.3 is 9.30 Å². The van der Waals surface area contributed by atoms with Crippen molar-refractivity contribution in [3.63, 3.8) is 0 Å². The largest absolute Gasteiger partial charge is 0.506 e. The van der Waals surface area contributed by atoms with Gasteiger partial charge in [-0.05, 0) is 25.1 Å². The number of ether oxygens (including phenoxy) is 1. The first-order valence-corrected chi connectivity index (χ1v) is 12.0. The van der Waals surface area contributed by atoms with Gasteiger partial charge in [0.15, 0.2) is 22.5 Å². The second-order valence-corrected chi connectivity index (χ2v) is 9.48. The number of urea groups is 1. The molecular weight excluding hydrogens is 497 g/mol. The Morgan fingerprint density at radius 1 is 1.27 bits per heavy atom. The molecule has 0 bridgehead atoms. The molecule has 4 heterocycles. The second kappa shape index (κ2) is 9.15. The Morgan fingerprint density at radius 2 is 2.05 bits per heavy atom. The number of imide groups is 1. The SMILES string of the molecule is COc1cc(C2=CC3=[N+](CCC#N)C(=O)N(c4cncc5nc(C)n(C)c45)C(=O)C3S2)c(C#N)cc1F. The number of aryl methyl sites for hydroxylation is 2. The molecule has 3 amide bonds. The first-order chi connectivity index (χ1) is 17.8. The molecule has 1 atom stereocenters. The molecule has 0 saturated carbocycles. The van der Waals surface area contributed by atoms with E-state index in [1.165, 1.54) is 23.9 Å². The van der Waals surface area contributed by atoms with Crippen molar-refractivity contribution in [3.05, 3.63) is 53.4 Å². The number of allylic oxidation sites excluding steroid dienone is 1. The lowest BCUT2D eigenvalue weighted by atomic mass is 10.0. The summed E-state index contributed by atoms with van der Waals surface area (Å²) in [7, 11) is 3.10. The maximum Gasteiger partial charge on any atom is 0.506 e. The molecule has 37 heavy (non-hydrogen) atoms. The van der Waals surface area contributed by atoms with E-state index in [9.17, 15) is 24.5 Å². The highest BCUT2D eigenvalue weighted by Crippen LogP contribution is 2.44. The van der Waals surface area contributed by atoms with Gasteiger partial charge in [-0.1, -0.05) is 0 Å². The number of imidazole rings is 1. The van der Waals surface area contributed by atoms with Crippen LogP contribution in [-0.2, 0) is 11.8 Å². The Labute approximate surface area is 214 Å². The summed E-state index contributed by atoms with van der Waals surface area (Å²) in [4.78, 5) is 37.8. The minimum Gasteiger partial charge on any atom is -0.494 e. The summed E-state index contributed by atoms with van der Waals surface area (Å²) < 4.78 is 22.5. The lowest BCUT2D eigenvalue weighted by Gasteiger charge is -2.24. The normalized spacial score (nSPS) is 17.1. The summed E-state index contributed by atoms with van der Waals surface area (Å²) in [5, 5.41) is 18.0. The molecule has 3 aromatic rings. The molecule has 2 aromatic heterocycles. The van der Waals surface area contributed by atoms with Crippen molar-refractivity contribution >= 4 is 51.0 Å². The molecule has 0 spiro atoms. The third-order valence-corrected chi connectivity index (χ3v) is 7.59. The number of halogens is 1. The van der Waals surface area contributed by atoms with Crippen molar-refractivity contribution in [3.8, 4) is 17.9 Å². The number of benzene rings is 1. The van der Waals surface area contributed by atoms with E-state index in [1.807, 2.05) is 19.1 Å². The fraction of sp³-hybridized carbons (Fsp3) is 0.240. The van der Waals surface area contributed by atoms with Gasteiger partial charge in [0, 0.05) is 17.5 Å². The highest BCUT2D eigenvalue weighted by Gasteiger charge is 2.52. The Hall–Kier alpha value is -4.55. The van der Waals surface area contributed by atoms with Gasteiger partial charge in [-0.15, -0.1) is 16.7 Å². The van der Waals surface area contributed by atoms with Gasteiger partial charge in [0.25, 0.3) is 0 Å². The number of methoxy groups -OCH3 is 1. The predicted octanol–water partition coefficient (Wildman–Crippen LogP) is 3.29. The zero-order chi connectivity index (χ0) is 26.4. The molecule has 12 heteroatoms. The predicted molar refractivity (Wildman–Crippen MR) is 134 cm³/mol. The zero-order valence-corrected chi connectivity index (χ0v) is 20.8. The molecule has 184 valence electrons. The van der Waals surface area contributed by atoms with Crippen LogP contribution in [0, 0.1) is 35.4 Å². The van der Waals surface area contributed by atoms with Gasteiger partial charge in [-0.25, -0.2) is 14.2 Å². The number of amides is 3. The standard InChI is InChI=1S/C25H19FN7O3S/c1-13-30-17-11-29-12-19(22(17)31(13)2)33-24(34)23-18(32(25(33)35)6-4-5-27)9-21(37-23)15-8-20(36-3)16(26)7-14(15)10-28/h7-9,11-12,23H,4,6H2,1-3H3/q+1. The molecule has 0 aliphatic carbocycles. The van der Waals surface area contributed by atoms with Gasteiger partial charge in [-0.3, -0.25) is 4.98 Å². The number of rotatable bonds is 5. The zero-order valence-electron chi connectivity index (χ0n) is 20.0. The minimum atomic E-state index is -0.835. The molecule has 2 aliphatic rings. The number of hydrogen-bond donors (Lipinski definition) is 0. The third kappa shape index (κ3) is 3.74. The molecule has 0 radical (unpaired) electrons. The lowest BCUT2D eigenvalue weighted by Crippen LogP contribution is -2.55. The number of nitriles is 2. The summed E-state index contributed by atoms with van der Waals surface area (Å²) in [6.07, 6.45) is 4.68. The number of thioether (sulfide) groups is 1. The van der Waals surface area contributed by atoms with Gasteiger partial charge in [0.1, 0.15) is 29.1 Å². The van der Waals surface area contributed by atoms with Gasteiger partial charge >= 0.3 is 11.9 Å². The average Bonchev–Trinajstić information content (AvgIpc) is 3.45. The monoisotopic (exact) mass is 516 g/mol. The highest BCUT2D eigenvalue weighted by atomic mass is 32.2. The van der Waals surface area contributed by atoms with Crippen LogP contribution in [0.15, 0.2) is 30.6 Å². The van der Waals surface area contributed by atoms with Crippen LogP contribution in [0.1, 0.15) is 23.4 Å². The number of aromatic nitrogens is 3. The van der Waals surface area contributed by atoms with Crippen molar-refractivity contribution < 1.29 is 23.3 Å². The second-order valence-electron chi connectivity index (χ2n) is 8.34. The lowest BCUT2D eigenvalue weighted by molar-refractivity contribution is -0.425. The van der Waals surface area contributed by atoms with Gasteiger partial charge in [0.2, 0.25) is 0 Å². The molecule has 5 rings (SSSR count). The number of pyridine rings is 1. The molecule has 1 unspecified atom stereocenters. The van der Waals surface area contributed by atoms with Crippen LogP contribution in [0.4, 0.5) is 14.9 Å². The summed E-state index contributed by atoms with van der Waals surface area (Å²) in [6.45, 7) is 1.86. The van der Waals surface area contributed by atoms with E-state index in [4.69, 9.17) is 4.74 Å². The van der Waals surface area contributed by atoms with Crippen molar-refractivity contribution in [2.24, 2.45) is 7.05 Å². The Bertz CT molecular complexity index is 1660. The van der Waals surface area contributed by atoms with Crippen molar-refractivity contribution in [2.75, 3.05) is 18.6 Å². The third-order valence-electron chi connectivity index (χ3n) is 6.32. The van der Waals surface area contributed by atoms with E-state index in [1.54, 1.807) is 23.9 Å². The quantitative estimate of drug-likeness (QED) is 0.473. The molecule has 10 nitrogen and oxygen atoms in total. The number of fused-ring (bicyclic) bond motifs is 2. The topological polar surface area (TPSA) is 128 Å². The maximum absolute atomic E-state index is 14.3. The van der Waals surface area contributed by atoms with Crippen LogP contribution in [-0.4, -0.2) is 55.7 Å². The fourth-order valence-corrected chi connectivity index (χ4v) is 5.72. The van der Waals surface area contributed by atoms with E-state index < -0.39 is 23.0 Å². The van der Waals surface area contributed by atoms with E-state index >= 15 is 0 Å². The molecule has 2 aliphatic heterocycles. The number of nitrogens with zero attached hydrogens (tertiary/aromatic N) is 7. The number of anilines is 1. The average molecular weight is 517 g/mol. The Morgan fingerprint density at radius 3 is 2.76 bits per heavy atom. The molecule has 0 saturated heterocycles. The number of hydrogen-bond acceptors (Lipinski definition) is 8. The Balaban J connectivity index is 1.66. The maximum atomic E-state index is 14.3. The molecule has 0 fully saturated rings. The van der Waals surface area contributed by atoms with Crippen molar-refractivity contribution in [1.29, 1.82) is 10.5 Å². The molecular formula is C25H19FN7O3S+. The van der Waals surface area contributed by atoms with Crippen molar-refractivity contribution in [2.45, 2.75) is 18.6 Å². The minimum absolute atomic E-state index is 0.0406. The summed E-state index contributed by atoms with van der Waals surface area (Å²) in [6, 6.07) is 5.88. The fourth-order valence-electron chi connectivity index (χ4n) is 4.46. The van der Waals surface area contributed by atoms with Crippen LogP contribution in [0.3, 0.4) is 0 Å². The van der Waals surface area contributed by atoms with Crippen LogP contribution in [0.5, 0.6) is 5.75 Å². The molecule has 1 aromatic carbocycles. The highest BCUT2D eigenvalue weighted by molar-refractivity contribution is 8.10. The Kier molecular flexibility index (Phi) is 5.97. The molecule has 0 N–H and O–H groups in total. The van der Waals surface area contributed by atoms with Gasteiger partial charge in [-0.2, -0.15) is 19.9 Å². The smallest absolute Gasteiger partial charge is 0.494 e. The van der Waals surface area contributed by atoms with Crippen LogP contribution < -0.4 is 9.64 Å². The van der Waals surface area contributed by atoms with E-state index in [0.717, 1.165) is 22.7 Å². The van der Waals surface area contributed by atoms with Crippen LogP contribution in [0.25, 0.3) is 15.9 Å². The van der Waals surface area contributed by atoms with Gasteiger partial charge in [0.05, 0.1) is 43.6 Å². The van der Waals surface area contributed by atoms with E-state index in [-0.39, 0.29) is 30.0 Å². The number of carbonyl (C=O) groups excluding carboxylic acids is 2.